The normalized spacial score (nSPS) is 13.2. The summed E-state index contributed by atoms with van der Waals surface area (Å²) in [6, 6.07) is 9.08. The minimum atomic E-state index is -4.30. The molecule has 2 aromatic heterocycles. The molecule has 0 spiro atoms. The average Bonchev–Trinajstić information content (AvgIpc) is 3.33. The zero-order chi connectivity index (χ0) is 27.6. The second-order valence-electron chi connectivity index (χ2n) is 8.36. The van der Waals surface area contributed by atoms with Crippen LogP contribution in [0.1, 0.15) is 35.9 Å². The predicted molar refractivity (Wildman–Crippen MR) is 138 cm³/mol. The van der Waals surface area contributed by atoms with Crippen molar-refractivity contribution in [1.29, 1.82) is 0 Å². The molecule has 0 bridgehead atoms. The van der Waals surface area contributed by atoms with Gasteiger partial charge in [0.25, 0.3) is 0 Å². The van der Waals surface area contributed by atoms with Crippen LogP contribution >= 0.6 is 11.6 Å². The second-order valence-corrected chi connectivity index (χ2v) is 10.5. The standard InChI is InChI=1S/C25H24ClFN4O6S/c1-13-17(15-5-10-21(36-4)28-12-15)7-8-18(27)22(13)14(2)23(24-29-30-25(32)37-24)31-38(33,34)20-9-6-16(26)11-19(20)35-3/h5-12,14,23,31H,1-4H3,(H,30,32). The average molecular weight is 563 g/mol. The number of nitrogens with zero attached hydrogens (tertiary/aromatic N) is 2. The van der Waals surface area contributed by atoms with Crippen LogP contribution in [0.5, 0.6) is 11.6 Å². The van der Waals surface area contributed by atoms with E-state index in [4.69, 9.17) is 25.5 Å². The van der Waals surface area contributed by atoms with E-state index in [9.17, 15) is 13.2 Å². The quantitative estimate of drug-likeness (QED) is 0.307. The van der Waals surface area contributed by atoms with E-state index in [0.717, 1.165) is 0 Å². The van der Waals surface area contributed by atoms with Crippen LogP contribution in [0.2, 0.25) is 5.02 Å². The van der Waals surface area contributed by atoms with Crippen LogP contribution < -0.4 is 20.0 Å². The van der Waals surface area contributed by atoms with E-state index in [-0.39, 0.29) is 27.1 Å². The Morgan fingerprint density at radius 2 is 1.89 bits per heavy atom. The van der Waals surface area contributed by atoms with Crippen molar-refractivity contribution in [3.63, 3.8) is 0 Å². The van der Waals surface area contributed by atoms with Gasteiger partial charge in [0.1, 0.15) is 22.5 Å². The molecule has 2 unspecified atom stereocenters. The van der Waals surface area contributed by atoms with Gasteiger partial charge in [-0.15, -0.1) is 5.10 Å². The molecule has 0 amide bonds. The molecule has 200 valence electrons. The van der Waals surface area contributed by atoms with Crippen LogP contribution in [0.15, 0.2) is 62.8 Å². The van der Waals surface area contributed by atoms with Gasteiger partial charge in [-0.1, -0.05) is 24.6 Å². The summed E-state index contributed by atoms with van der Waals surface area (Å²) in [6.45, 7) is 3.31. The highest BCUT2D eigenvalue weighted by molar-refractivity contribution is 7.89. The summed E-state index contributed by atoms with van der Waals surface area (Å²) in [7, 11) is -1.50. The summed E-state index contributed by atoms with van der Waals surface area (Å²) in [6.07, 6.45) is 1.59. The highest BCUT2D eigenvalue weighted by Crippen LogP contribution is 2.38. The van der Waals surface area contributed by atoms with Gasteiger partial charge in [-0.2, -0.15) is 4.72 Å². The molecule has 2 atom stereocenters. The topological polar surface area (TPSA) is 136 Å². The van der Waals surface area contributed by atoms with Gasteiger partial charge in [-0.3, -0.25) is 0 Å². The molecule has 0 aliphatic carbocycles. The predicted octanol–water partition coefficient (Wildman–Crippen LogP) is 4.37. The zero-order valence-corrected chi connectivity index (χ0v) is 22.4. The summed E-state index contributed by atoms with van der Waals surface area (Å²) in [5, 5.41) is 6.22. The molecule has 0 radical (unpaired) electrons. The second kappa shape index (κ2) is 10.9. The molecule has 0 saturated heterocycles. The van der Waals surface area contributed by atoms with Crippen LogP contribution in [-0.2, 0) is 10.0 Å². The third-order valence-corrected chi connectivity index (χ3v) is 7.81. The number of sulfonamides is 1. The first-order chi connectivity index (χ1) is 18.1. The molecule has 4 rings (SSSR count). The minimum absolute atomic E-state index is 0.00347. The van der Waals surface area contributed by atoms with Gasteiger partial charge in [0.2, 0.25) is 21.8 Å². The Morgan fingerprint density at radius 3 is 2.50 bits per heavy atom. The summed E-state index contributed by atoms with van der Waals surface area (Å²) in [5.41, 5.74) is 2.11. The molecule has 0 saturated carbocycles. The summed E-state index contributed by atoms with van der Waals surface area (Å²) in [4.78, 5) is 15.8. The Bertz CT molecular complexity index is 1620. The van der Waals surface area contributed by atoms with Gasteiger partial charge in [-0.25, -0.2) is 27.7 Å². The van der Waals surface area contributed by atoms with E-state index in [1.807, 2.05) is 0 Å². The smallest absolute Gasteiger partial charge is 0.434 e. The number of halogens is 2. The van der Waals surface area contributed by atoms with E-state index < -0.39 is 33.6 Å². The number of hydrogen-bond donors (Lipinski definition) is 2. The minimum Gasteiger partial charge on any atom is -0.495 e. The first-order valence-electron chi connectivity index (χ1n) is 11.3. The Labute approximate surface area is 222 Å². The SMILES string of the molecule is COc1ccc(-c2ccc(F)c(C(C)C(NS(=O)(=O)c3ccc(Cl)cc3OC)c3n[nH]c(=O)o3)c2C)cn1. The fourth-order valence-electron chi connectivity index (χ4n) is 4.23. The van der Waals surface area contributed by atoms with Crippen LogP contribution in [0.4, 0.5) is 4.39 Å². The number of methoxy groups -OCH3 is 2. The van der Waals surface area contributed by atoms with Crippen LogP contribution in [-0.4, -0.2) is 37.8 Å². The van der Waals surface area contributed by atoms with Gasteiger partial charge in [-0.05, 0) is 47.9 Å². The number of benzene rings is 2. The molecule has 2 aromatic carbocycles. The lowest BCUT2D eigenvalue weighted by molar-refractivity contribution is 0.374. The van der Waals surface area contributed by atoms with Crippen molar-refractivity contribution in [3.8, 4) is 22.8 Å². The fraction of sp³-hybridized carbons (Fsp3) is 0.240. The lowest BCUT2D eigenvalue weighted by Crippen LogP contribution is -2.33. The van der Waals surface area contributed by atoms with Crippen molar-refractivity contribution in [2.24, 2.45) is 0 Å². The van der Waals surface area contributed by atoms with E-state index in [0.29, 0.717) is 22.6 Å². The lowest BCUT2D eigenvalue weighted by Gasteiger charge is -2.25. The van der Waals surface area contributed by atoms with Gasteiger partial charge in [0, 0.05) is 34.8 Å². The van der Waals surface area contributed by atoms with Crippen LogP contribution in [0.3, 0.4) is 0 Å². The molecular formula is C25H24ClFN4O6S. The highest BCUT2D eigenvalue weighted by Gasteiger charge is 2.34. The molecule has 2 heterocycles. The number of aromatic nitrogens is 3. The maximum atomic E-state index is 15.3. The fourth-order valence-corrected chi connectivity index (χ4v) is 5.81. The van der Waals surface area contributed by atoms with E-state index >= 15 is 4.39 Å². The number of rotatable bonds is 9. The summed E-state index contributed by atoms with van der Waals surface area (Å²) >= 11 is 5.99. The molecule has 10 nitrogen and oxygen atoms in total. The first kappa shape index (κ1) is 27.3. The number of nitrogens with one attached hydrogen (secondary N) is 2. The van der Waals surface area contributed by atoms with Crippen LogP contribution in [0, 0.1) is 12.7 Å². The van der Waals surface area contributed by atoms with Crippen LogP contribution in [0.25, 0.3) is 11.1 Å². The van der Waals surface area contributed by atoms with Gasteiger partial charge in [0.15, 0.2) is 0 Å². The van der Waals surface area contributed by atoms with E-state index in [1.165, 1.54) is 38.5 Å². The van der Waals surface area contributed by atoms with Crippen molar-refractivity contribution in [2.45, 2.75) is 30.7 Å². The third-order valence-electron chi connectivity index (χ3n) is 6.09. The molecule has 0 fully saturated rings. The zero-order valence-electron chi connectivity index (χ0n) is 20.8. The third kappa shape index (κ3) is 5.42. The number of pyridine rings is 1. The van der Waals surface area contributed by atoms with Crippen molar-refractivity contribution in [1.82, 2.24) is 19.9 Å². The molecular weight excluding hydrogens is 539 g/mol. The Hall–Kier alpha value is -3.74. The van der Waals surface area contributed by atoms with E-state index in [2.05, 4.69) is 19.9 Å². The molecule has 4 aromatic rings. The Morgan fingerprint density at radius 1 is 1.13 bits per heavy atom. The summed E-state index contributed by atoms with van der Waals surface area (Å²) < 4.78 is 60.2. The Kier molecular flexibility index (Phi) is 7.86. The molecule has 38 heavy (non-hydrogen) atoms. The number of hydrogen-bond acceptors (Lipinski definition) is 8. The highest BCUT2D eigenvalue weighted by atomic mass is 35.5. The number of ether oxygens (including phenoxy) is 2. The monoisotopic (exact) mass is 562 g/mol. The first-order valence-corrected chi connectivity index (χ1v) is 13.1. The van der Waals surface area contributed by atoms with Crippen molar-refractivity contribution >= 4 is 21.6 Å². The van der Waals surface area contributed by atoms with E-state index in [1.54, 1.807) is 38.2 Å². The summed E-state index contributed by atoms with van der Waals surface area (Å²) in [5.74, 6) is -2.21. The number of H-pyrrole nitrogens is 1. The maximum Gasteiger partial charge on any atom is 0.434 e. The maximum absolute atomic E-state index is 15.3. The Balaban J connectivity index is 1.81. The molecule has 0 aliphatic rings. The van der Waals surface area contributed by atoms with Crippen molar-refractivity contribution in [2.75, 3.05) is 14.2 Å². The molecule has 2 N–H and O–H groups in total. The largest absolute Gasteiger partial charge is 0.495 e. The van der Waals surface area contributed by atoms with Gasteiger partial charge in [0.05, 0.1) is 14.2 Å². The number of aromatic amines is 1. The van der Waals surface area contributed by atoms with Crippen molar-refractivity contribution in [3.05, 3.63) is 87.1 Å². The lowest BCUT2D eigenvalue weighted by atomic mass is 9.86. The van der Waals surface area contributed by atoms with Gasteiger partial charge < -0.3 is 13.9 Å². The molecule has 0 aliphatic heterocycles. The van der Waals surface area contributed by atoms with Gasteiger partial charge >= 0.3 is 5.76 Å². The molecule has 13 heteroatoms. The van der Waals surface area contributed by atoms with Crippen molar-refractivity contribution < 1.29 is 26.7 Å².